The molecule has 8 heteroatoms. The van der Waals surface area contributed by atoms with Crippen LogP contribution in [0, 0.1) is 5.92 Å². The Morgan fingerprint density at radius 1 is 1.07 bits per heavy atom. The molecule has 0 radical (unpaired) electrons. The number of carbonyl (C=O) groups is 1. The number of rotatable bonds is 11. The van der Waals surface area contributed by atoms with Crippen molar-refractivity contribution in [1.29, 1.82) is 0 Å². The van der Waals surface area contributed by atoms with E-state index in [1.54, 1.807) is 18.2 Å². The number of hydrogen-bond donors (Lipinski definition) is 1. The summed E-state index contributed by atoms with van der Waals surface area (Å²) in [6.07, 6.45) is 4.20. The molecule has 0 saturated carbocycles. The molecule has 0 aliphatic heterocycles. The maximum Gasteiger partial charge on any atom is 0.264 e. The van der Waals surface area contributed by atoms with Crippen LogP contribution in [0.4, 0.5) is 5.69 Å². The van der Waals surface area contributed by atoms with Crippen molar-refractivity contribution >= 4 is 44.8 Å². The molecule has 0 aromatic heterocycles. The number of anilines is 1. The van der Waals surface area contributed by atoms with Crippen molar-refractivity contribution in [1.82, 2.24) is 5.32 Å². The highest BCUT2D eigenvalue weighted by molar-refractivity contribution is 7.92. The molecule has 0 heterocycles. The second-order valence-corrected chi connectivity index (χ2v) is 9.82. The number of nitrogens with zero attached hydrogens (tertiary/aromatic N) is 1. The Labute approximate surface area is 189 Å². The molecular formula is C22H28Cl2N2O3S. The lowest BCUT2D eigenvalue weighted by Crippen LogP contribution is -2.42. The first kappa shape index (κ1) is 24.5. The van der Waals surface area contributed by atoms with Crippen LogP contribution in [0.3, 0.4) is 0 Å². The van der Waals surface area contributed by atoms with Crippen molar-refractivity contribution < 1.29 is 13.2 Å². The first-order valence-corrected chi connectivity index (χ1v) is 12.3. The van der Waals surface area contributed by atoms with Crippen LogP contribution < -0.4 is 9.62 Å². The predicted molar refractivity (Wildman–Crippen MR) is 124 cm³/mol. The van der Waals surface area contributed by atoms with E-state index in [2.05, 4.69) is 19.2 Å². The highest BCUT2D eigenvalue weighted by Crippen LogP contribution is 2.30. The van der Waals surface area contributed by atoms with Gasteiger partial charge in [0.15, 0.2) is 0 Å². The van der Waals surface area contributed by atoms with Gasteiger partial charge in [0.25, 0.3) is 10.0 Å². The maximum atomic E-state index is 13.3. The van der Waals surface area contributed by atoms with E-state index in [1.165, 1.54) is 30.3 Å². The first-order chi connectivity index (χ1) is 14.3. The van der Waals surface area contributed by atoms with Crippen LogP contribution in [0.1, 0.15) is 39.5 Å². The summed E-state index contributed by atoms with van der Waals surface area (Å²) < 4.78 is 27.6. The minimum atomic E-state index is -3.97. The van der Waals surface area contributed by atoms with E-state index in [9.17, 15) is 13.2 Å². The van der Waals surface area contributed by atoms with Gasteiger partial charge in [-0.3, -0.25) is 9.10 Å². The lowest BCUT2D eigenvalue weighted by Gasteiger charge is -2.25. The summed E-state index contributed by atoms with van der Waals surface area (Å²) in [4.78, 5) is 12.8. The van der Waals surface area contributed by atoms with Gasteiger partial charge in [-0.1, -0.05) is 74.5 Å². The van der Waals surface area contributed by atoms with Crippen molar-refractivity contribution in [2.45, 2.75) is 44.4 Å². The summed E-state index contributed by atoms with van der Waals surface area (Å²) >= 11 is 12.1. The normalized spacial score (nSPS) is 12.4. The number of halogens is 2. The van der Waals surface area contributed by atoms with Crippen molar-refractivity contribution in [3.05, 3.63) is 58.6 Å². The monoisotopic (exact) mass is 470 g/mol. The molecule has 2 rings (SSSR count). The van der Waals surface area contributed by atoms with Crippen LogP contribution in [0.5, 0.6) is 0 Å². The molecule has 0 aliphatic carbocycles. The zero-order chi connectivity index (χ0) is 22.1. The van der Waals surface area contributed by atoms with Crippen LogP contribution in [0.15, 0.2) is 53.4 Å². The van der Waals surface area contributed by atoms with Gasteiger partial charge in [0.2, 0.25) is 5.91 Å². The maximum absolute atomic E-state index is 13.3. The number of benzene rings is 2. The Kier molecular flexibility index (Phi) is 9.46. The predicted octanol–water partition coefficient (Wildman–Crippen LogP) is 5.52. The largest absolute Gasteiger partial charge is 0.354 e. The Hall–Kier alpha value is -1.76. The van der Waals surface area contributed by atoms with Crippen LogP contribution >= 0.6 is 23.2 Å². The average Bonchev–Trinajstić information content (AvgIpc) is 2.74. The molecule has 5 nitrogen and oxygen atoms in total. The van der Waals surface area contributed by atoms with Gasteiger partial charge in [-0.05, 0) is 42.7 Å². The number of hydrogen-bond acceptors (Lipinski definition) is 3. The minimum Gasteiger partial charge on any atom is -0.354 e. The molecule has 30 heavy (non-hydrogen) atoms. The fraction of sp³-hybridized carbons (Fsp3) is 0.409. The summed E-state index contributed by atoms with van der Waals surface area (Å²) in [5.41, 5.74) is 0.279. The lowest BCUT2D eigenvalue weighted by molar-refractivity contribution is -0.119. The minimum absolute atomic E-state index is 0.0956. The number of nitrogens with one attached hydrogen (secondary N) is 1. The van der Waals surface area contributed by atoms with Crippen molar-refractivity contribution in [2.75, 3.05) is 17.4 Å². The topological polar surface area (TPSA) is 66.5 Å². The second kappa shape index (κ2) is 11.6. The number of sulfonamides is 1. The van der Waals surface area contributed by atoms with Crippen LogP contribution in [0.2, 0.25) is 10.0 Å². The quantitative estimate of drug-likeness (QED) is 0.469. The van der Waals surface area contributed by atoms with Gasteiger partial charge in [-0.15, -0.1) is 0 Å². The fourth-order valence-electron chi connectivity index (χ4n) is 3.06. The van der Waals surface area contributed by atoms with E-state index in [4.69, 9.17) is 23.2 Å². The summed E-state index contributed by atoms with van der Waals surface area (Å²) in [7, 11) is -3.97. The third-order valence-corrected chi connectivity index (χ3v) is 7.47. The van der Waals surface area contributed by atoms with Gasteiger partial charge in [0.05, 0.1) is 20.6 Å². The third-order valence-electron chi connectivity index (χ3n) is 4.94. The molecule has 1 N–H and O–H groups in total. The smallest absolute Gasteiger partial charge is 0.264 e. The number of carbonyl (C=O) groups excluding carboxylic acids is 1. The highest BCUT2D eigenvalue weighted by Gasteiger charge is 2.27. The Morgan fingerprint density at radius 2 is 1.77 bits per heavy atom. The molecule has 2 aromatic carbocycles. The van der Waals surface area contributed by atoms with Gasteiger partial charge < -0.3 is 5.32 Å². The van der Waals surface area contributed by atoms with Gasteiger partial charge in [-0.25, -0.2) is 8.42 Å². The Morgan fingerprint density at radius 3 is 2.37 bits per heavy atom. The molecular weight excluding hydrogens is 443 g/mol. The van der Waals surface area contributed by atoms with E-state index >= 15 is 0 Å². The molecule has 0 spiro atoms. The third kappa shape index (κ3) is 6.62. The molecule has 2 aromatic rings. The van der Waals surface area contributed by atoms with E-state index in [-0.39, 0.29) is 28.1 Å². The lowest BCUT2D eigenvalue weighted by atomic mass is 9.99. The SMILES string of the molecule is CCCC[C@@H](CC)CNC(=O)CN(c1ccc(Cl)c(Cl)c1)S(=O)(=O)c1ccccc1. The summed E-state index contributed by atoms with van der Waals surface area (Å²) in [6.45, 7) is 4.40. The van der Waals surface area contributed by atoms with Gasteiger partial charge in [0, 0.05) is 6.54 Å². The standard InChI is InChI=1S/C22H28Cl2N2O3S/c1-3-5-9-17(4-2)15-25-22(27)16-26(18-12-13-20(23)21(24)14-18)30(28,29)19-10-7-6-8-11-19/h6-8,10-14,17H,3-5,9,15-16H2,1-2H3,(H,25,27)/t17-/m1/s1. The van der Waals surface area contributed by atoms with Gasteiger partial charge in [0.1, 0.15) is 6.54 Å². The van der Waals surface area contributed by atoms with E-state index < -0.39 is 10.0 Å². The van der Waals surface area contributed by atoms with E-state index in [0.29, 0.717) is 17.5 Å². The molecule has 0 aliphatic rings. The number of amides is 1. The molecule has 0 saturated heterocycles. The molecule has 0 unspecified atom stereocenters. The first-order valence-electron chi connectivity index (χ1n) is 10.1. The summed E-state index contributed by atoms with van der Waals surface area (Å²) in [5, 5.41) is 3.41. The second-order valence-electron chi connectivity index (χ2n) is 7.14. The molecule has 0 fully saturated rings. The van der Waals surface area contributed by atoms with Gasteiger partial charge in [-0.2, -0.15) is 0 Å². The van der Waals surface area contributed by atoms with Gasteiger partial charge >= 0.3 is 0 Å². The number of unbranched alkanes of at least 4 members (excludes halogenated alkanes) is 1. The van der Waals surface area contributed by atoms with E-state index in [0.717, 1.165) is 30.0 Å². The van der Waals surface area contributed by atoms with Crippen molar-refractivity contribution in [2.24, 2.45) is 5.92 Å². The zero-order valence-corrected chi connectivity index (χ0v) is 19.6. The van der Waals surface area contributed by atoms with Crippen molar-refractivity contribution in [3.63, 3.8) is 0 Å². The molecule has 1 atom stereocenters. The fourth-order valence-corrected chi connectivity index (χ4v) is 4.79. The zero-order valence-electron chi connectivity index (χ0n) is 17.3. The Bertz CT molecular complexity index is 937. The van der Waals surface area contributed by atoms with E-state index in [1.807, 2.05) is 0 Å². The van der Waals surface area contributed by atoms with Crippen molar-refractivity contribution in [3.8, 4) is 0 Å². The van der Waals surface area contributed by atoms with Crippen LogP contribution in [-0.2, 0) is 14.8 Å². The molecule has 0 bridgehead atoms. The Balaban J connectivity index is 2.26. The van der Waals surface area contributed by atoms with Crippen LogP contribution in [0.25, 0.3) is 0 Å². The highest BCUT2D eigenvalue weighted by atomic mass is 35.5. The summed E-state index contributed by atoms with van der Waals surface area (Å²) in [6, 6.07) is 12.5. The molecule has 164 valence electrons. The average molecular weight is 471 g/mol. The summed E-state index contributed by atoms with van der Waals surface area (Å²) in [5.74, 6) is 0.00795. The molecule has 1 amide bonds. The van der Waals surface area contributed by atoms with Crippen LogP contribution in [-0.4, -0.2) is 27.4 Å².